The average molecular weight is 253 g/mol. The molecule has 0 aliphatic carbocycles. The van der Waals surface area contributed by atoms with Crippen molar-refractivity contribution in [2.45, 2.75) is 19.1 Å². The van der Waals surface area contributed by atoms with Gasteiger partial charge in [0.25, 0.3) is 0 Å². The van der Waals surface area contributed by atoms with E-state index >= 15 is 0 Å². The minimum atomic E-state index is -0.260. The Balaban J connectivity index is 1.98. The number of hydrogen-bond acceptors (Lipinski definition) is 4. The van der Waals surface area contributed by atoms with Crippen LogP contribution in [0.3, 0.4) is 0 Å². The van der Waals surface area contributed by atoms with Crippen LogP contribution in [0.15, 0.2) is 18.2 Å². The summed E-state index contributed by atoms with van der Waals surface area (Å²) in [6.07, 6.45) is 2.75. The summed E-state index contributed by atoms with van der Waals surface area (Å²) in [5.41, 5.74) is 2.51. The molecule has 1 aliphatic heterocycles. The van der Waals surface area contributed by atoms with Crippen molar-refractivity contribution in [2.24, 2.45) is 0 Å². The molecule has 94 valence electrons. The highest BCUT2D eigenvalue weighted by Gasteiger charge is 2.18. The Labute approximate surface area is 106 Å². The number of hydrogen-bond donors (Lipinski definition) is 2. The molecule has 1 aromatic rings. The highest BCUT2D eigenvalue weighted by Crippen LogP contribution is 2.23. The molecule has 4 heteroatoms. The van der Waals surface area contributed by atoms with Gasteiger partial charge in [0, 0.05) is 25.4 Å². The van der Waals surface area contributed by atoms with E-state index in [1.54, 1.807) is 17.8 Å². The highest BCUT2D eigenvalue weighted by atomic mass is 32.2. The molecule has 3 nitrogen and oxygen atoms in total. The summed E-state index contributed by atoms with van der Waals surface area (Å²) in [7, 11) is 0. The zero-order valence-corrected chi connectivity index (χ0v) is 10.9. The van der Waals surface area contributed by atoms with Gasteiger partial charge in [0.15, 0.2) is 0 Å². The lowest BCUT2D eigenvalue weighted by Gasteiger charge is -2.30. The maximum Gasteiger partial charge on any atom is 0.115 e. The maximum absolute atomic E-state index is 9.79. The largest absolute Gasteiger partial charge is 0.508 e. The normalized spacial score (nSPS) is 17.8. The van der Waals surface area contributed by atoms with Crippen molar-refractivity contribution < 1.29 is 10.2 Å². The second-order valence-corrected chi connectivity index (χ2v) is 5.46. The third-order valence-electron chi connectivity index (χ3n) is 3.11. The molecule has 0 aromatic heterocycles. The Kier molecular flexibility index (Phi) is 4.31. The fraction of sp³-hybridized carbons (Fsp3) is 0.538. The number of aliphatic hydroxyl groups is 1. The molecule has 1 aromatic carbocycles. The number of fused-ring (bicyclic) bond motifs is 1. The number of aliphatic hydroxyl groups excluding tert-OH is 1. The summed E-state index contributed by atoms with van der Waals surface area (Å²) in [5.74, 6) is 1.11. The number of nitrogens with zero attached hydrogens (tertiary/aromatic N) is 1. The van der Waals surface area contributed by atoms with Gasteiger partial charge in [-0.05, 0) is 35.9 Å². The highest BCUT2D eigenvalue weighted by molar-refractivity contribution is 7.98. The number of thioether (sulfide) groups is 1. The lowest BCUT2D eigenvalue weighted by molar-refractivity contribution is 0.122. The van der Waals surface area contributed by atoms with E-state index in [1.165, 1.54) is 11.1 Å². The molecule has 0 saturated heterocycles. The van der Waals surface area contributed by atoms with Crippen LogP contribution in [0, 0.1) is 0 Å². The maximum atomic E-state index is 9.79. The molecule has 1 atom stereocenters. The van der Waals surface area contributed by atoms with Crippen LogP contribution in [0.1, 0.15) is 11.1 Å². The number of phenols is 1. The van der Waals surface area contributed by atoms with Crippen LogP contribution in [0.25, 0.3) is 0 Å². The lowest BCUT2D eigenvalue weighted by Crippen LogP contribution is -2.37. The first kappa shape index (κ1) is 12.7. The lowest BCUT2D eigenvalue weighted by atomic mass is 9.99. The molecule has 0 radical (unpaired) electrons. The van der Waals surface area contributed by atoms with Gasteiger partial charge in [-0.25, -0.2) is 0 Å². The minimum absolute atomic E-state index is 0.260. The van der Waals surface area contributed by atoms with Crippen LogP contribution < -0.4 is 0 Å². The van der Waals surface area contributed by atoms with Crippen LogP contribution in [-0.2, 0) is 13.0 Å². The van der Waals surface area contributed by atoms with E-state index in [1.807, 2.05) is 18.4 Å². The van der Waals surface area contributed by atoms with Crippen molar-refractivity contribution in [2.75, 3.05) is 25.1 Å². The molecule has 2 rings (SSSR count). The van der Waals surface area contributed by atoms with Gasteiger partial charge < -0.3 is 10.2 Å². The molecule has 1 unspecified atom stereocenters. The van der Waals surface area contributed by atoms with Crippen molar-refractivity contribution >= 4 is 11.8 Å². The van der Waals surface area contributed by atoms with Gasteiger partial charge in [0.1, 0.15) is 5.75 Å². The van der Waals surface area contributed by atoms with Crippen LogP contribution in [-0.4, -0.2) is 46.3 Å². The van der Waals surface area contributed by atoms with Gasteiger partial charge in [0.2, 0.25) is 0 Å². The van der Waals surface area contributed by atoms with Crippen molar-refractivity contribution in [1.29, 1.82) is 0 Å². The minimum Gasteiger partial charge on any atom is -0.508 e. The predicted molar refractivity (Wildman–Crippen MR) is 71.5 cm³/mol. The third kappa shape index (κ3) is 3.37. The Hall–Kier alpha value is -0.710. The van der Waals surface area contributed by atoms with Crippen molar-refractivity contribution in [3.8, 4) is 5.75 Å². The monoisotopic (exact) mass is 253 g/mol. The first-order valence-corrected chi connectivity index (χ1v) is 7.28. The summed E-state index contributed by atoms with van der Waals surface area (Å²) in [4.78, 5) is 2.25. The summed E-state index contributed by atoms with van der Waals surface area (Å²) < 4.78 is 0. The van der Waals surface area contributed by atoms with Gasteiger partial charge in [-0.1, -0.05) is 6.07 Å². The number of β-amino-alcohol motifs (C(OH)–C–C–N with tert-alkyl or cyclic N) is 1. The van der Waals surface area contributed by atoms with Crippen LogP contribution >= 0.6 is 11.8 Å². The molecule has 0 fully saturated rings. The first-order chi connectivity index (χ1) is 8.19. The van der Waals surface area contributed by atoms with Crippen LogP contribution in [0.5, 0.6) is 5.75 Å². The SMILES string of the molecule is CSCC(O)CN1CCc2ccc(O)cc2C1. The molecule has 17 heavy (non-hydrogen) atoms. The van der Waals surface area contributed by atoms with E-state index in [0.29, 0.717) is 5.75 Å². The second-order valence-electron chi connectivity index (χ2n) is 4.55. The second kappa shape index (κ2) is 5.76. The van der Waals surface area contributed by atoms with Crippen molar-refractivity contribution in [1.82, 2.24) is 4.90 Å². The predicted octanol–water partition coefficient (Wildman–Crippen LogP) is 1.47. The van der Waals surface area contributed by atoms with Gasteiger partial charge >= 0.3 is 0 Å². The van der Waals surface area contributed by atoms with Crippen molar-refractivity contribution in [3.05, 3.63) is 29.3 Å². The Bertz CT molecular complexity index is 384. The number of rotatable bonds is 4. The first-order valence-electron chi connectivity index (χ1n) is 5.89. The molecule has 1 aliphatic rings. The topological polar surface area (TPSA) is 43.7 Å². The van der Waals surface area contributed by atoms with E-state index in [0.717, 1.165) is 31.8 Å². The molecule has 1 heterocycles. The quantitative estimate of drug-likeness (QED) is 0.853. The average Bonchev–Trinajstić information content (AvgIpc) is 2.28. The molecular formula is C13H19NO2S. The van der Waals surface area contributed by atoms with E-state index in [4.69, 9.17) is 0 Å². The fourth-order valence-corrected chi connectivity index (χ4v) is 2.79. The Morgan fingerprint density at radius 2 is 2.24 bits per heavy atom. The molecule has 0 spiro atoms. The molecule has 0 amide bonds. The summed E-state index contributed by atoms with van der Waals surface area (Å²) in [6, 6.07) is 5.58. The third-order valence-corrected chi connectivity index (χ3v) is 3.83. The zero-order valence-electron chi connectivity index (χ0n) is 10.1. The van der Waals surface area contributed by atoms with E-state index in [9.17, 15) is 10.2 Å². The van der Waals surface area contributed by atoms with Gasteiger partial charge in [-0.3, -0.25) is 4.90 Å². The summed E-state index contributed by atoms with van der Waals surface area (Å²) >= 11 is 1.67. The molecule has 0 bridgehead atoms. The Morgan fingerprint density at radius 1 is 1.41 bits per heavy atom. The zero-order chi connectivity index (χ0) is 12.3. The van der Waals surface area contributed by atoms with Crippen LogP contribution in [0.2, 0.25) is 0 Å². The summed E-state index contributed by atoms with van der Waals surface area (Å²) in [6.45, 7) is 2.54. The fourth-order valence-electron chi connectivity index (χ4n) is 2.30. The molecule has 0 saturated carbocycles. The van der Waals surface area contributed by atoms with Crippen molar-refractivity contribution in [3.63, 3.8) is 0 Å². The van der Waals surface area contributed by atoms with Gasteiger partial charge in [0.05, 0.1) is 6.10 Å². The van der Waals surface area contributed by atoms with E-state index < -0.39 is 0 Å². The number of benzene rings is 1. The molecule has 2 N–H and O–H groups in total. The Morgan fingerprint density at radius 3 is 3.00 bits per heavy atom. The van der Waals surface area contributed by atoms with E-state index in [2.05, 4.69) is 4.90 Å². The van der Waals surface area contributed by atoms with Crippen LogP contribution in [0.4, 0.5) is 0 Å². The van der Waals surface area contributed by atoms with Gasteiger partial charge in [-0.15, -0.1) is 0 Å². The van der Waals surface area contributed by atoms with Gasteiger partial charge in [-0.2, -0.15) is 11.8 Å². The van der Waals surface area contributed by atoms with E-state index in [-0.39, 0.29) is 6.10 Å². The molecular weight excluding hydrogens is 234 g/mol. The summed E-state index contributed by atoms with van der Waals surface area (Å²) in [5, 5.41) is 19.3. The standard InChI is InChI=1S/C13H19NO2S/c1-17-9-13(16)8-14-5-4-10-2-3-12(15)6-11(10)7-14/h2-3,6,13,15-16H,4-5,7-9H2,1H3. The smallest absolute Gasteiger partial charge is 0.115 e. The number of phenolic OH excluding ortho intramolecular Hbond substituents is 1. The number of aromatic hydroxyl groups is 1.